The maximum Gasteiger partial charge on any atom is 0.110 e. The molecule has 118 valence electrons. The Morgan fingerprint density at radius 2 is 2.43 bits per heavy atom. The largest absolute Gasteiger partial charge is 0.374 e. The first-order valence-corrected chi connectivity index (χ1v) is 8.33. The van der Waals surface area contributed by atoms with Crippen LogP contribution in [0.3, 0.4) is 0 Å². The van der Waals surface area contributed by atoms with Crippen LogP contribution in [0.25, 0.3) is 0 Å². The molecule has 5 nitrogen and oxygen atoms in total. The highest BCUT2D eigenvalue weighted by Gasteiger charge is 2.35. The van der Waals surface area contributed by atoms with Crippen molar-refractivity contribution in [2.75, 3.05) is 26.2 Å². The molecular formula is C16H28N4O. The molecule has 0 bridgehead atoms. The lowest BCUT2D eigenvalue weighted by molar-refractivity contribution is -0.0646. The summed E-state index contributed by atoms with van der Waals surface area (Å²) >= 11 is 0. The highest BCUT2D eigenvalue weighted by Crippen LogP contribution is 2.24. The van der Waals surface area contributed by atoms with E-state index in [1.165, 1.54) is 19.4 Å². The molecule has 3 atom stereocenters. The van der Waals surface area contributed by atoms with Gasteiger partial charge in [-0.15, -0.1) is 0 Å². The lowest BCUT2D eigenvalue weighted by Crippen LogP contribution is -2.55. The van der Waals surface area contributed by atoms with E-state index < -0.39 is 0 Å². The molecule has 1 N–H and O–H groups in total. The molecule has 0 aromatic carbocycles. The van der Waals surface area contributed by atoms with Gasteiger partial charge in [0, 0.05) is 44.5 Å². The smallest absolute Gasteiger partial charge is 0.110 e. The molecule has 0 aliphatic carbocycles. The van der Waals surface area contributed by atoms with Gasteiger partial charge >= 0.3 is 0 Å². The predicted octanol–water partition coefficient (Wildman–Crippen LogP) is 1.19. The minimum atomic E-state index is 0.280. The number of imidazole rings is 1. The molecule has 3 unspecified atom stereocenters. The van der Waals surface area contributed by atoms with Crippen molar-refractivity contribution in [2.24, 2.45) is 7.05 Å². The fourth-order valence-corrected chi connectivity index (χ4v) is 3.54. The van der Waals surface area contributed by atoms with Crippen molar-refractivity contribution in [3.63, 3.8) is 0 Å². The average molecular weight is 292 g/mol. The second-order valence-electron chi connectivity index (χ2n) is 6.38. The number of aryl methyl sites for hydroxylation is 1. The van der Waals surface area contributed by atoms with Gasteiger partial charge in [-0.2, -0.15) is 0 Å². The number of ether oxygens (including phenoxy) is 1. The molecule has 2 fully saturated rings. The Hall–Kier alpha value is -0.910. The molecule has 2 aliphatic rings. The van der Waals surface area contributed by atoms with Crippen LogP contribution < -0.4 is 5.32 Å². The van der Waals surface area contributed by atoms with Gasteiger partial charge in [-0.05, 0) is 32.4 Å². The first kappa shape index (κ1) is 15.0. The van der Waals surface area contributed by atoms with Gasteiger partial charge in [-0.3, -0.25) is 4.90 Å². The Labute approximate surface area is 127 Å². The number of nitrogens with one attached hydrogen (secondary N) is 1. The molecule has 2 saturated heterocycles. The van der Waals surface area contributed by atoms with E-state index in [0.717, 1.165) is 38.4 Å². The van der Waals surface area contributed by atoms with E-state index in [2.05, 4.69) is 33.7 Å². The van der Waals surface area contributed by atoms with Crippen molar-refractivity contribution in [3.05, 3.63) is 18.2 Å². The molecule has 0 spiro atoms. The van der Waals surface area contributed by atoms with Crippen LogP contribution in [0.4, 0.5) is 0 Å². The zero-order chi connectivity index (χ0) is 14.7. The van der Waals surface area contributed by atoms with Gasteiger partial charge in [0.05, 0.1) is 12.7 Å². The van der Waals surface area contributed by atoms with Crippen molar-refractivity contribution in [3.8, 4) is 0 Å². The Morgan fingerprint density at radius 3 is 3.19 bits per heavy atom. The van der Waals surface area contributed by atoms with Gasteiger partial charge in [-0.25, -0.2) is 4.98 Å². The summed E-state index contributed by atoms with van der Waals surface area (Å²) in [7, 11) is 2.07. The van der Waals surface area contributed by atoms with Gasteiger partial charge in [-0.1, -0.05) is 6.92 Å². The molecule has 3 heterocycles. The average Bonchev–Trinajstić information content (AvgIpc) is 3.11. The Bertz CT molecular complexity index is 447. The topological polar surface area (TPSA) is 42.3 Å². The van der Waals surface area contributed by atoms with Crippen LogP contribution >= 0.6 is 0 Å². The van der Waals surface area contributed by atoms with Crippen molar-refractivity contribution in [2.45, 2.75) is 50.8 Å². The van der Waals surface area contributed by atoms with E-state index >= 15 is 0 Å². The monoisotopic (exact) mass is 292 g/mol. The summed E-state index contributed by atoms with van der Waals surface area (Å²) in [5.41, 5.74) is 0. The lowest BCUT2D eigenvalue weighted by atomic mass is 10.0. The Morgan fingerprint density at radius 1 is 1.52 bits per heavy atom. The van der Waals surface area contributed by atoms with Gasteiger partial charge in [0.25, 0.3) is 0 Å². The number of hydrogen-bond donors (Lipinski definition) is 1. The second-order valence-corrected chi connectivity index (χ2v) is 6.38. The van der Waals surface area contributed by atoms with E-state index in [9.17, 15) is 0 Å². The number of morpholine rings is 1. The van der Waals surface area contributed by atoms with Crippen molar-refractivity contribution < 1.29 is 4.74 Å². The lowest BCUT2D eigenvalue weighted by Gasteiger charge is -2.39. The molecule has 1 aromatic rings. The zero-order valence-electron chi connectivity index (χ0n) is 13.3. The van der Waals surface area contributed by atoms with E-state index in [0.29, 0.717) is 12.1 Å². The van der Waals surface area contributed by atoms with Gasteiger partial charge in [0.2, 0.25) is 0 Å². The van der Waals surface area contributed by atoms with E-state index in [1.54, 1.807) is 0 Å². The number of hydrogen-bond acceptors (Lipinski definition) is 4. The van der Waals surface area contributed by atoms with Crippen LogP contribution in [0.5, 0.6) is 0 Å². The molecule has 0 saturated carbocycles. The van der Waals surface area contributed by atoms with Gasteiger partial charge in [0.15, 0.2) is 0 Å². The third kappa shape index (κ3) is 3.47. The first-order valence-electron chi connectivity index (χ1n) is 8.33. The summed E-state index contributed by atoms with van der Waals surface area (Å²) in [6, 6.07) is 1.02. The maximum absolute atomic E-state index is 6.20. The Balaban J connectivity index is 1.65. The van der Waals surface area contributed by atoms with Crippen LogP contribution in [0.1, 0.15) is 32.0 Å². The molecule has 2 aliphatic heterocycles. The van der Waals surface area contributed by atoms with Crippen molar-refractivity contribution >= 4 is 0 Å². The van der Waals surface area contributed by atoms with E-state index in [4.69, 9.17) is 4.74 Å². The Kier molecular flexibility index (Phi) is 4.93. The molecule has 0 amide bonds. The summed E-state index contributed by atoms with van der Waals surface area (Å²) < 4.78 is 8.31. The van der Waals surface area contributed by atoms with E-state index in [-0.39, 0.29) is 6.10 Å². The third-order valence-corrected chi connectivity index (χ3v) is 4.84. The number of nitrogens with zero attached hydrogens (tertiary/aromatic N) is 3. The predicted molar refractivity (Wildman–Crippen MR) is 83.3 cm³/mol. The van der Waals surface area contributed by atoms with Crippen molar-refractivity contribution in [1.29, 1.82) is 0 Å². The molecule has 0 radical (unpaired) electrons. The second kappa shape index (κ2) is 6.90. The van der Waals surface area contributed by atoms with Crippen LogP contribution in [0.15, 0.2) is 12.4 Å². The maximum atomic E-state index is 6.20. The standard InChI is InChI=1S/C16H28N4O/c1-3-6-17-14(10-16-18-7-9-19(16)2)15-11-20-8-4-5-13(20)12-21-15/h7,9,13-15,17H,3-6,8,10-12H2,1-2H3. The SMILES string of the molecule is CCCNC(Cc1nccn1C)C1CN2CCCC2CO1. The summed E-state index contributed by atoms with van der Waals surface area (Å²) in [6.07, 6.45) is 8.90. The summed E-state index contributed by atoms with van der Waals surface area (Å²) in [6.45, 7) is 6.46. The highest BCUT2D eigenvalue weighted by atomic mass is 16.5. The van der Waals surface area contributed by atoms with Crippen LogP contribution in [0.2, 0.25) is 0 Å². The molecule has 21 heavy (non-hydrogen) atoms. The summed E-state index contributed by atoms with van der Waals surface area (Å²) in [5.74, 6) is 1.13. The molecule has 5 heteroatoms. The first-order chi connectivity index (χ1) is 10.3. The van der Waals surface area contributed by atoms with E-state index in [1.807, 2.05) is 12.4 Å². The molecule has 1 aromatic heterocycles. The highest BCUT2D eigenvalue weighted by molar-refractivity contribution is 4.99. The summed E-state index contributed by atoms with van der Waals surface area (Å²) in [4.78, 5) is 7.10. The van der Waals surface area contributed by atoms with Crippen LogP contribution in [0, 0.1) is 0 Å². The van der Waals surface area contributed by atoms with Gasteiger partial charge in [0.1, 0.15) is 5.82 Å². The summed E-state index contributed by atoms with van der Waals surface area (Å²) in [5, 5.41) is 3.68. The number of rotatable bonds is 6. The normalized spacial score (nSPS) is 27.7. The zero-order valence-corrected chi connectivity index (χ0v) is 13.3. The van der Waals surface area contributed by atoms with Crippen molar-refractivity contribution in [1.82, 2.24) is 19.8 Å². The molecule has 3 rings (SSSR count). The number of fused-ring (bicyclic) bond motifs is 1. The minimum Gasteiger partial charge on any atom is -0.374 e. The minimum absolute atomic E-state index is 0.280. The fraction of sp³-hybridized carbons (Fsp3) is 0.812. The third-order valence-electron chi connectivity index (χ3n) is 4.84. The molecular weight excluding hydrogens is 264 g/mol. The fourth-order valence-electron chi connectivity index (χ4n) is 3.54. The van der Waals surface area contributed by atoms with Gasteiger partial charge < -0.3 is 14.6 Å². The number of aromatic nitrogens is 2. The van der Waals surface area contributed by atoms with Crippen LogP contribution in [-0.2, 0) is 18.2 Å². The quantitative estimate of drug-likeness (QED) is 0.855. The van der Waals surface area contributed by atoms with Crippen LogP contribution in [-0.4, -0.2) is 58.9 Å².